The number of carbonyl (C=O) groups excluding carboxylic acids is 1. The number of rotatable bonds is 6. The van der Waals surface area contributed by atoms with E-state index in [4.69, 9.17) is 0 Å². The molecule has 0 bridgehead atoms. The topological polar surface area (TPSA) is 104 Å². The van der Waals surface area contributed by atoms with Crippen LogP contribution in [-0.4, -0.2) is 79.2 Å². The van der Waals surface area contributed by atoms with Crippen molar-refractivity contribution in [3.05, 3.63) is 6.33 Å². The summed E-state index contributed by atoms with van der Waals surface area (Å²) in [5, 5.41) is 20.7. The summed E-state index contributed by atoms with van der Waals surface area (Å²) in [5.74, 6) is -0.158. The van der Waals surface area contributed by atoms with Gasteiger partial charge in [-0.2, -0.15) is 0 Å². The van der Waals surface area contributed by atoms with Gasteiger partial charge in [-0.25, -0.2) is 4.68 Å². The predicted molar refractivity (Wildman–Crippen MR) is 91.0 cm³/mol. The van der Waals surface area contributed by atoms with Gasteiger partial charge in [-0.15, -0.1) is 5.10 Å². The molecule has 0 aromatic carbocycles. The molecule has 0 radical (unpaired) electrons. The fourth-order valence-electron chi connectivity index (χ4n) is 4.49. The van der Waals surface area contributed by atoms with Crippen molar-refractivity contribution in [1.29, 1.82) is 0 Å². The number of hydrogen-bond donors (Lipinski definition) is 1. The Morgan fingerprint density at radius 3 is 2.58 bits per heavy atom. The average molecular weight is 362 g/mol. The molecule has 1 spiro atoms. The maximum atomic E-state index is 12.3. The molecule has 1 saturated carbocycles. The molecular formula is C17H26N6O3. The minimum absolute atomic E-state index is 0.0399. The van der Waals surface area contributed by atoms with Gasteiger partial charge in [-0.1, -0.05) is 0 Å². The van der Waals surface area contributed by atoms with Crippen molar-refractivity contribution < 1.29 is 14.7 Å². The minimum Gasteiger partial charge on any atom is -0.480 e. The van der Waals surface area contributed by atoms with Gasteiger partial charge in [0.05, 0.1) is 0 Å². The fourth-order valence-corrected chi connectivity index (χ4v) is 4.49. The Labute approximate surface area is 152 Å². The largest absolute Gasteiger partial charge is 0.480 e. The second kappa shape index (κ2) is 6.94. The lowest BCUT2D eigenvalue weighted by molar-refractivity contribution is -0.142. The van der Waals surface area contributed by atoms with E-state index in [9.17, 15) is 14.7 Å². The van der Waals surface area contributed by atoms with E-state index in [0.717, 1.165) is 58.3 Å². The quantitative estimate of drug-likeness (QED) is 0.773. The zero-order valence-electron chi connectivity index (χ0n) is 15.0. The van der Waals surface area contributed by atoms with Crippen molar-refractivity contribution in [1.82, 2.24) is 30.0 Å². The van der Waals surface area contributed by atoms with Crippen molar-refractivity contribution in [2.45, 2.75) is 51.1 Å². The number of piperidine rings is 1. The average Bonchev–Trinajstić information content (AvgIpc) is 3.24. The van der Waals surface area contributed by atoms with Crippen LogP contribution in [0.4, 0.5) is 0 Å². The summed E-state index contributed by atoms with van der Waals surface area (Å²) in [4.78, 5) is 28.1. The molecule has 1 amide bonds. The number of carboxylic acid groups (broad SMARTS) is 1. The third-order valence-electron chi connectivity index (χ3n) is 6.18. The summed E-state index contributed by atoms with van der Waals surface area (Å²) in [6.45, 7) is 3.78. The van der Waals surface area contributed by atoms with E-state index in [1.165, 1.54) is 0 Å². The van der Waals surface area contributed by atoms with Gasteiger partial charge in [-0.05, 0) is 54.4 Å². The maximum absolute atomic E-state index is 12.3. The monoisotopic (exact) mass is 362 g/mol. The van der Waals surface area contributed by atoms with Crippen molar-refractivity contribution in [3.63, 3.8) is 0 Å². The van der Waals surface area contributed by atoms with Crippen LogP contribution in [-0.2, 0) is 16.1 Å². The molecule has 1 unspecified atom stereocenters. The Morgan fingerprint density at radius 1 is 1.19 bits per heavy atom. The first-order chi connectivity index (χ1) is 12.6. The van der Waals surface area contributed by atoms with Gasteiger partial charge in [0.1, 0.15) is 12.4 Å². The van der Waals surface area contributed by atoms with Gasteiger partial charge in [-0.3, -0.25) is 14.5 Å². The summed E-state index contributed by atoms with van der Waals surface area (Å²) >= 11 is 0. The first-order valence-corrected chi connectivity index (χ1v) is 9.53. The lowest BCUT2D eigenvalue weighted by atomic mass is 9.76. The summed E-state index contributed by atoms with van der Waals surface area (Å²) in [5.41, 5.74) is 0.0399. The molecule has 3 heterocycles. The second-order valence-electron chi connectivity index (χ2n) is 8.05. The summed E-state index contributed by atoms with van der Waals surface area (Å²) in [7, 11) is 0. The van der Waals surface area contributed by atoms with E-state index in [0.29, 0.717) is 18.9 Å². The molecule has 3 aliphatic rings. The molecule has 2 saturated heterocycles. The summed E-state index contributed by atoms with van der Waals surface area (Å²) in [6, 6.07) is -0.422. The van der Waals surface area contributed by atoms with Crippen LogP contribution in [0.2, 0.25) is 0 Å². The molecule has 142 valence electrons. The van der Waals surface area contributed by atoms with Crippen LogP contribution < -0.4 is 0 Å². The maximum Gasteiger partial charge on any atom is 0.320 e. The lowest BCUT2D eigenvalue weighted by Crippen LogP contribution is -2.44. The highest BCUT2D eigenvalue weighted by molar-refractivity contribution is 5.81. The first kappa shape index (κ1) is 17.4. The van der Waals surface area contributed by atoms with Gasteiger partial charge in [0.15, 0.2) is 0 Å². The zero-order chi connectivity index (χ0) is 18.1. The van der Waals surface area contributed by atoms with Crippen LogP contribution in [0.5, 0.6) is 0 Å². The van der Waals surface area contributed by atoms with E-state index in [-0.39, 0.29) is 11.3 Å². The number of aryl methyl sites for hydroxylation is 1. The number of hydrogen-bond acceptors (Lipinski definition) is 6. The highest BCUT2D eigenvalue weighted by Gasteiger charge is 2.48. The molecule has 1 aromatic rings. The third kappa shape index (κ3) is 3.58. The Bertz CT molecular complexity index is 651. The Kier molecular flexibility index (Phi) is 4.64. The van der Waals surface area contributed by atoms with Crippen LogP contribution in [0.25, 0.3) is 0 Å². The number of tetrazole rings is 1. The standard InChI is InChI=1S/C17H26N6O3/c24-15(13-2-3-13)21-8-4-17(5-9-21)10-14(16(25)26)22(11-17)6-1-7-23-12-18-19-20-23/h12-14H,1-11H2,(H,25,26). The molecule has 1 aromatic heterocycles. The molecule has 9 nitrogen and oxygen atoms in total. The summed E-state index contributed by atoms with van der Waals surface area (Å²) in [6.07, 6.45) is 6.99. The van der Waals surface area contributed by atoms with Crippen LogP contribution in [0.1, 0.15) is 38.5 Å². The molecule has 9 heteroatoms. The molecule has 1 atom stereocenters. The smallest absolute Gasteiger partial charge is 0.320 e. The van der Waals surface area contributed by atoms with Crippen LogP contribution in [0.15, 0.2) is 6.33 Å². The number of amides is 1. The number of carboxylic acids is 1. The Morgan fingerprint density at radius 2 is 1.96 bits per heavy atom. The lowest BCUT2D eigenvalue weighted by Gasteiger charge is -2.39. The highest BCUT2D eigenvalue weighted by Crippen LogP contribution is 2.44. The number of nitrogens with zero attached hydrogens (tertiary/aromatic N) is 6. The van der Waals surface area contributed by atoms with Crippen LogP contribution >= 0.6 is 0 Å². The van der Waals surface area contributed by atoms with E-state index in [2.05, 4.69) is 20.4 Å². The minimum atomic E-state index is -0.735. The zero-order valence-corrected chi connectivity index (χ0v) is 15.0. The molecule has 2 aliphatic heterocycles. The number of likely N-dealkylation sites (tertiary alicyclic amines) is 2. The molecule has 1 aliphatic carbocycles. The van der Waals surface area contributed by atoms with Crippen molar-refractivity contribution in [2.24, 2.45) is 11.3 Å². The normalized spacial score (nSPS) is 25.7. The number of carbonyl (C=O) groups is 2. The third-order valence-corrected chi connectivity index (χ3v) is 6.18. The van der Waals surface area contributed by atoms with Gasteiger partial charge in [0.25, 0.3) is 0 Å². The molecule has 1 N–H and O–H groups in total. The van der Waals surface area contributed by atoms with Gasteiger partial charge < -0.3 is 10.0 Å². The summed E-state index contributed by atoms with van der Waals surface area (Å²) < 4.78 is 1.67. The van der Waals surface area contributed by atoms with Gasteiger partial charge in [0, 0.05) is 38.6 Å². The van der Waals surface area contributed by atoms with Crippen LogP contribution in [0.3, 0.4) is 0 Å². The van der Waals surface area contributed by atoms with Crippen LogP contribution in [0, 0.1) is 11.3 Å². The van der Waals surface area contributed by atoms with E-state index >= 15 is 0 Å². The van der Waals surface area contributed by atoms with E-state index in [1.807, 2.05) is 4.90 Å². The predicted octanol–water partition coefficient (Wildman–Crippen LogP) is 0.241. The van der Waals surface area contributed by atoms with E-state index < -0.39 is 12.0 Å². The molecule has 3 fully saturated rings. The highest BCUT2D eigenvalue weighted by atomic mass is 16.4. The Hall–Kier alpha value is -2.03. The second-order valence-corrected chi connectivity index (χ2v) is 8.05. The Balaban J connectivity index is 1.33. The van der Waals surface area contributed by atoms with Gasteiger partial charge in [0.2, 0.25) is 5.91 Å². The van der Waals surface area contributed by atoms with Gasteiger partial charge >= 0.3 is 5.97 Å². The molecule has 26 heavy (non-hydrogen) atoms. The number of aromatic nitrogens is 4. The molecule has 4 rings (SSSR count). The molecular weight excluding hydrogens is 336 g/mol. The van der Waals surface area contributed by atoms with Crippen molar-refractivity contribution >= 4 is 11.9 Å². The van der Waals surface area contributed by atoms with Crippen molar-refractivity contribution in [3.8, 4) is 0 Å². The van der Waals surface area contributed by atoms with E-state index in [1.54, 1.807) is 11.0 Å². The number of aliphatic carboxylic acids is 1. The van der Waals surface area contributed by atoms with Crippen molar-refractivity contribution in [2.75, 3.05) is 26.2 Å². The fraction of sp³-hybridized carbons (Fsp3) is 0.824. The first-order valence-electron chi connectivity index (χ1n) is 9.53. The SMILES string of the molecule is O=C(O)C1CC2(CCN(C(=O)C3CC3)CC2)CN1CCCn1cnnn1.